The molecule has 0 N–H and O–H groups in total. The SMILES string of the molecule is O=C1C[C@@H]2CC[C@H]1C2. The van der Waals surface area contributed by atoms with Crippen LogP contribution in [0.3, 0.4) is 0 Å². The van der Waals surface area contributed by atoms with Crippen molar-refractivity contribution in [2.24, 2.45) is 11.8 Å². The summed E-state index contributed by atoms with van der Waals surface area (Å²) in [6.45, 7) is 0. The highest BCUT2D eigenvalue weighted by atomic mass is 16.1. The molecule has 2 saturated carbocycles. The van der Waals surface area contributed by atoms with Crippen molar-refractivity contribution >= 4 is 5.78 Å². The second-order valence-corrected chi connectivity index (χ2v) is 3.05. The monoisotopic (exact) mass is 110 g/mol. The highest BCUT2D eigenvalue weighted by molar-refractivity contribution is 5.84. The zero-order valence-corrected chi connectivity index (χ0v) is 4.89. The molecule has 0 aromatic heterocycles. The van der Waals surface area contributed by atoms with Gasteiger partial charge in [-0.15, -0.1) is 0 Å². The smallest absolute Gasteiger partial charge is 0.136 e. The van der Waals surface area contributed by atoms with E-state index in [1.54, 1.807) is 0 Å². The van der Waals surface area contributed by atoms with E-state index in [1.807, 2.05) is 0 Å². The second-order valence-electron chi connectivity index (χ2n) is 3.05. The lowest BCUT2D eigenvalue weighted by atomic mass is 10.00. The minimum Gasteiger partial charge on any atom is -0.299 e. The van der Waals surface area contributed by atoms with Gasteiger partial charge in [0.1, 0.15) is 5.78 Å². The summed E-state index contributed by atoms with van der Waals surface area (Å²) < 4.78 is 0. The summed E-state index contributed by atoms with van der Waals surface area (Å²) in [6, 6.07) is 0. The average Bonchev–Trinajstić information content (AvgIpc) is 2.23. The molecule has 2 aliphatic carbocycles. The summed E-state index contributed by atoms with van der Waals surface area (Å²) in [7, 11) is 0. The Hall–Kier alpha value is -0.330. The molecule has 0 radical (unpaired) electrons. The Morgan fingerprint density at radius 3 is 2.50 bits per heavy atom. The molecule has 44 valence electrons. The number of Topliss-reactive ketones (excluding diaryl/α,β-unsaturated/α-hetero) is 1. The van der Waals surface area contributed by atoms with Crippen LogP contribution in [-0.2, 0) is 4.79 Å². The third kappa shape index (κ3) is 0.445. The maximum absolute atomic E-state index is 10.8. The van der Waals surface area contributed by atoms with Crippen molar-refractivity contribution in [3.8, 4) is 0 Å². The Morgan fingerprint density at radius 2 is 2.25 bits per heavy atom. The number of hydrogen-bond donors (Lipinski definition) is 0. The Balaban J connectivity index is 2.22. The van der Waals surface area contributed by atoms with Gasteiger partial charge in [-0.3, -0.25) is 4.79 Å². The van der Waals surface area contributed by atoms with E-state index in [1.165, 1.54) is 19.3 Å². The van der Waals surface area contributed by atoms with E-state index in [0.717, 1.165) is 12.3 Å². The fourth-order valence-corrected chi connectivity index (χ4v) is 2.00. The minimum absolute atomic E-state index is 0.500. The lowest BCUT2D eigenvalue weighted by molar-refractivity contribution is -0.121. The molecular formula is C7H10O. The van der Waals surface area contributed by atoms with Gasteiger partial charge in [0.2, 0.25) is 0 Å². The Bertz CT molecular complexity index is 128. The number of ketones is 1. The molecule has 2 fully saturated rings. The standard InChI is InChI=1S/C7H10O/c8-7-4-5-1-2-6(7)3-5/h5-6H,1-4H2/t5-,6+/m1/s1. The molecule has 0 saturated heterocycles. The zero-order chi connectivity index (χ0) is 5.56. The van der Waals surface area contributed by atoms with Crippen molar-refractivity contribution in [2.45, 2.75) is 25.7 Å². The van der Waals surface area contributed by atoms with Crippen molar-refractivity contribution < 1.29 is 4.79 Å². The van der Waals surface area contributed by atoms with Crippen LogP contribution in [0.2, 0.25) is 0 Å². The van der Waals surface area contributed by atoms with Gasteiger partial charge in [-0.2, -0.15) is 0 Å². The average molecular weight is 110 g/mol. The van der Waals surface area contributed by atoms with Crippen LogP contribution in [0.5, 0.6) is 0 Å². The first-order chi connectivity index (χ1) is 3.86. The van der Waals surface area contributed by atoms with Crippen molar-refractivity contribution in [1.82, 2.24) is 0 Å². The van der Waals surface area contributed by atoms with Crippen LogP contribution in [-0.4, -0.2) is 5.78 Å². The van der Waals surface area contributed by atoms with E-state index in [2.05, 4.69) is 0 Å². The normalized spacial score (nSPS) is 43.8. The molecule has 2 atom stereocenters. The molecule has 0 unspecified atom stereocenters. The molecule has 2 rings (SSSR count). The Labute approximate surface area is 49.1 Å². The summed E-state index contributed by atoms with van der Waals surface area (Å²) in [5.41, 5.74) is 0. The maximum Gasteiger partial charge on any atom is 0.136 e. The minimum atomic E-state index is 0.500. The van der Waals surface area contributed by atoms with Crippen LogP contribution >= 0.6 is 0 Å². The first-order valence-corrected chi connectivity index (χ1v) is 3.39. The van der Waals surface area contributed by atoms with E-state index in [9.17, 15) is 4.79 Å². The molecule has 2 aliphatic rings. The molecule has 8 heavy (non-hydrogen) atoms. The predicted octanol–water partition coefficient (Wildman–Crippen LogP) is 1.38. The summed E-state index contributed by atoms with van der Waals surface area (Å²) in [6.07, 6.45) is 4.66. The van der Waals surface area contributed by atoms with Gasteiger partial charge >= 0.3 is 0 Å². The fourth-order valence-electron chi connectivity index (χ4n) is 2.00. The van der Waals surface area contributed by atoms with E-state index in [4.69, 9.17) is 0 Å². The molecule has 1 nitrogen and oxygen atoms in total. The number of carbonyl (C=O) groups is 1. The highest BCUT2D eigenvalue weighted by Gasteiger charge is 2.37. The molecule has 1 heteroatoms. The van der Waals surface area contributed by atoms with Crippen molar-refractivity contribution in [3.05, 3.63) is 0 Å². The molecule has 2 bridgehead atoms. The third-order valence-corrected chi connectivity index (χ3v) is 2.49. The van der Waals surface area contributed by atoms with Crippen molar-refractivity contribution in [1.29, 1.82) is 0 Å². The van der Waals surface area contributed by atoms with Crippen LogP contribution in [0.4, 0.5) is 0 Å². The number of fused-ring (bicyclic) bond motifs is 2. The highest BCUT2D eigenvalue weighted by Crippen LogP contribution is 2.41. The van der Waals surface area contributed by atoms with Gasteiger partial charge in [0.25, 0.3) is 0 Å². The summed E-state index contributed by atoms with van der Waals surface area (Å²) in [5.74, 6) is 1.84. The summed E-state index contributed by atoms with van der Waals surface area (Å²) in [4.78, 5) is 10.8. The fraction of sp³-hybridized carbons (Fsp3) is 0.857. The van der Waals surface area contributed by atoms with Gasteiger partial charge < -0.3 is 0 Å². The number of hydrogen-bond acceptors (Lipinski definition) is 1. The molecule has 0 heterocycles. The largest absolute Gasteiger partial charge is 0.299 e. The van der Waals surface area contributed by atoms with E-state index < -0.39 is 0 Å². The van der Waals surface area contributed by atoms with Gasteiger partial charge in [-0.1, -0.05) is 0 Å². The summed E-state index contributed by atoms with van der Waals surface area (Å²) >= 11 is 0. The Kier molecular flexibility index (Phi) is 0.758. The van der Waals surface area contributed by atoms with Crippen LogP contribution in [0.1, 0.15) is 25.7 Å². The van der Waals surface area contributed by atoms with Crippen molar-refractivity contribution in [2.75, 3.05) is 0 Å². The zero-order valence-electron chi connectivity index (χ0n) is 4.89. The van der Waals surface area contributed by atoms with E-state index >= 15 is 0 Å². The molecule has 0 aromatic carbocycles. The maximum atomic E-state index is 10.8. The lowest BCUT2D eigenvalue weighted by Crippen LogP contribution is -2.07. The summed E-state index contributed by atoms with van der Waals surface area (Å²) in [5, 5.41) is 0. The lowest BCUT2D eigenvalue weighted by Gasteiger charge is -2.04. The van der Waals surface area contributed by atoms with Crippen molar-refractivity contribution in [3.63, 3.8) is 0 Å². The molecule has 0 amide bonds. The van der Waals surface area contributed by atoms with Crippen LogP contribution in [0.25, 0.3) is 0 Å². The second kappa shape index (κ2) is 1.34. The molecule has 0 aromatic rings. The van der Waals surface area contributed by atoms with Crippen LogP contribution in [0, 0.1) is 11.8 Å². The van der Waals surface area contributed by atoms with Gasteiger partial charge in [-0.25, -0.2) is 0 Å². The van der Waals surface area contributed by atoms with Gasteiger partial charge in [0.15, 0.2) is 0 Å². The van der Waals surface area contributed by atoms with Crippen LogP contribution in [0.15, 0.2) is 0 Å². The number of rotatable bonds is 0. The van der Waals surface area contributed by atoms with Crippen LogP contribution < -0.4 is 0 Å². The topological polar surface area (TPSA) is 17.1 Å². The predicted molar refractivity (Wildman–Crippen MR) is 30.5 cm³/mol. The van der Waals surface area contributed by atoms with E-state index in [0.29, 0.717) is 11.7 Å². The van der Waals surface area contributed by atoms with Gasteiger partial charge in [-0.05, 0) is 25.2 Å². The third-order valence-electron chi connectivity index (χ3n) is 2.49. The molecular weight excluding hydrogens is 100 g/mol. The first kappa shape index (κ1) is 4.54. The van der Waals surface area contributed by atoms with Gasteiger partial charge in [0.05, 0.1) is 0 Å². The van der Waals surface area contributed by atoms with Gasteiger partial charge in [0, 0.05) is 12.3 Å². The Morgan fingerprint density at radius 1 is 1.38 bits per heavy atom. The van der Waals surface area contributed by atoms with E-state index in [-0.39, 0.29) is 0 Å². The number of carbonyl (C=O) groups excluding carboxylic acids is 1. The quantitative estimate of drug-likeness (QED) is 0.460. The molecule has 0 aliphatic heterocycles. The molecule has 0 spiro atoms. The first-order valence-electron chi connectivity index (χ1n) is 3.39.